The van der Waals surface area contributed by atoms with E-state index in [1.54, 1.807) is 0 Å². The first-order valence-electron chi connectivity index (χ1n) is 6.76. The Morgan fingerprint density at radius 3 is 2.83 bits per heavy atom. The minimum atomic E-state index is -4.55. The first kappa shape index (κ1) is 15.7. The van der Waals surface area contributed by atoms with Crippen LogP contribution in [0.15, 0.2) is 12.3 Å². The van der Waals surface area contributed by atoms with E-state index in [0.29, 0.717) is 23.4 Å². The predicted molar refractivity (Wildman–Crippen MR) is 75.2 cm³/mol. The van der Waals surface area contributed by atoms with Gasteiger partial charge in [0.2, 0.25) is 5.91 Å². The molecular weight excluding hydrogens is 333 g/mol. The van der Waals surface area contributed by atoms with Crippen LogP contribution in [-0.2, 0) is 23.9 Å². The molecule has 2 aromatic rings. The monoisotopic (exact) mass is 344 g/mol. The van der Waals surface area contributed by atoms with Crippen molar-refractivity contribution in [2.24, 2.45) is 0 Å². The number of fused-ring (bicyclic) bond motifs is 1. The Morgan fingerprint density at radius 1 is 1.39 bits per heavy atom. The minimum Gasteiger partial charge on any atom is -0.300 e. The van der Waals surface area contributed by atoms with E-state index < -0.39 is 17.8 Å². The third kappa shape index (κ3) is 3.41. The molecular formula is C13H11F3N4O2S. The average Bonchev–Trinajstić information content (AvgIpc) is 3.05. The predicted octanol–water partition coefficient (Wildman–Crippen LogP) is 2.52. The highest BCUT2D eigenvalue weighted by atomic mass is 32.1. The lowest BCUT2D eigenvalue weighted by atomic mass is 10.0. The number of aromatic nitrogens is 3. The molecule has 6 nitrogen and oxygen atoms in total. The molecule has 0 aliphatic heterocycles. The summed E-state index contributed by atoms with van der Waals surface area (Å²) in [6.07, 6.45) is -1.58. The summed E-state index contributed by atoms with van der Waals surface area (Å²) in [7, 11) is 0. The number of thiazole rings is 1. The summed E-state index contributed by atoms with van der Waals surface area (Å²) in [6.45, 7) is -0.367. The lowest BCUT2D eigenvalue weighted by Gasteiger charge is -2.05. The van der Waals surface area contributed by atoms with Crippen LogP contribution in [0, 0.1) is 0 Å². The zero-order valence-electron chi connectivity index (χ0n) is 11.7. The molecule has 0 spiro atoms. The Bertz CT molecular complexity index is 766. The van der Waals surface area contributed by atoms with Gasteiger partial charge in [0.05, 0.1) is 10.6 Å². The summed E-state index contributed by atoms with van der Waals surface area (Å²) in [4.78, 5) is 28.3. The molecule has 0 bridgehead atoms. The van der Waals surface area contributed by atoms with Crippen LogP contribution in [0.25, 0.3) is 0 Å². The topological polar surface area (TPSA) is 76.9 Å². The summed E-state index contributed by atoms with van der Waals surface area (Å²) in [5.74, 6) is -0.550. The third-order valence-corrected chi connectivity index (χ3v) is 4.31. The van der Waals surface area contributed by atoms with Crippen LogP contribution in [0.4, 0.5) is 18.3 Å². The average molecular weight is 344 g/mol. The van der Waals surface area contributed by atoms with Gasteiger partial charge in [-0.05, 0) is 18.9 Å². The number of ketones is 1. The second kappa shape index (κ2) is 5.76. The summed E-state index contributed by atoms with van der Waals surface area (Å²) in [5, 5.41) is 6.07. The zero-order chi connectivity index (χ0) is 16.6. The van der Waals surface area contributed by atoms with Crippen LogP contribution in [0.2, 0.25) is 0 Å². The van der Waals surface area contributed by atoms with Gasteiger partial charge in [0.15, 0.2) is 16.6 Å². The van der Waals surface area contributed by atoms with Crippen molar-refractivity contribution in [2.75, 3.05) is 5.32 Å². The number of anilines is 1. The van der Waals surface area contributed by atoms with Gasteiger partial charge in [-0.1, -0.05) is 11.3 Å². The number of aryl methyl sites for hydroxylation is 1. The van der Waals surface area contributed by atoms with E-state index in [1.807, 2.05) is 0 Å². The van der Waals surface area contributed by atoms with E-state index in [4.69, 9.17) is 0 Å². The molecule has 0 unspecified atom stereocenters. The zero-order valence-corrected chi connectivity index (χ0v) is 12.5. The maximum atomic E-state index is 12.4. The van der Waals surface area contributed by atoms with Crippen molar-refractivity contribution in [2.45, 2.75) is 32.0 Å². The van der Waals surface area contributed by atoms with Gasteiger partial charge in [0.25, 0.3) is 0 Å². The van der Waals surface area contributed by atoms with Crippen molar-refractivity contribution >= 4 is 28.2 Å². The van der Waals surface area contributed by atoms with Crippen molar-refractivity contribution in [3.05, 3.63) is 28.5 Å². The summed E-state index contributed by atoms with van der Waals surface area (Å²) < 4.78 is 38.2. The highest BCUT2D eigenvalue weighted by molar-refractivity contribution is 7.17. The van der Waals surface area contributed by atoms with E-state index in [1.165, 1.54) is 0 Å². The number of nitrogens with zero attached hydrogens (tertiary/aromatic N) is 3. The lowest BCUT2D eigenvalue weighted by molar-refractivity contribution is -0.141. The lowest BCUT2D eigenvalue weighted by Crippen LogP contribution is -2.19. The highest BCUT2D eigenvalue weighted by Crippen LogP contribution is 2.30. The number of alkyl halides is 3. The molecule has 10 heteroatoms. The molecule has 122 valence electrons. The number of halogens is 3. The molecule has 1 N–H and O–H groups in total. The standard InChI is InChI=1S/C13H11F3N4O2S/c14-13(15,16)9-4-5-20(19-9)6-10(22)18-12-17-7-2-1-3-8(21)11(7)23-12/h4-5H,1-3,6H2,(H,17,18,22). The number of Topliss-reactive ketones (excluding diaryl/α,β-unsaturated/α-hetero) is 1. The van der Waals surface area contributed by atoms with Crippen molar-refractivity contribution in [3.63, 3.8) is 0 Å². The Kier molecular flexibility index (Phi) is 3.92. The second-order valence-electron chi connectivity index (χ2n) is 5.02. The fraction of sp³-hybridized carbons (Fsp3) is 0.385. The van der Waals surface area contributed by atoms with E-state index in [9.17, 15) is 22.8 Å². The largest absolute Gasteiger partial charge is 0.435 e. The highest BCUT2D eigenvalue weighted by Gasteiger charge is 2.33. The molecule has 0 saturated carbocycles. The van der Waals surface area contributed by atoms with Crippen LogP contribution in [0.5, 0.6) is 0 Å². The number of hydrogen-bond donors (Lipinski definition) is 1. The van der Waals surface area contributed by atoms with E-state index in [2.05, 4.69) is 15.4 Å². The first-order chi connectivity index (χ1) is 10.8. The molecule has 2 aromatic heterocycles. The number of carbonyl (C=O) groups excluding carboxylic acids is 2. The van der Waals surface area contributed by atoms with Crippen molar-refractivity contribution in [3.8, 4) is 0 Å². The number of nitrogens with one attached hydrogen (secondary N) is 1. The molecule has 0 atom stereocenters. The van der Waals surface area contributed by atoms with Crippen LogP contribution < -0.4 is 5.32 Å². The molecule has 2 heterocycles. The van der Waals surface area contributed by atoms with Gasteiger partial charge in [-0.3, -0.25) is 14.3 Å². The molecule has 1 aliphatic rings. The molecule has 3 rings (SSSR count). The fourth-order valence-electron chi connectivity index (χ4n) is 2.23. The number of amides is 1. The number of carbonyl (C=O) groups is 2. The summed E-state index contributed by atoms with van der Waals surface area (Å²) in [5.41, 5.74) is -0.388. The molecule has 1 amide bonds. The van der Waals surface area contributed by atoms with Gasteiger partial charge in [0.1, 0.15) is 6.54 Å². The van der Waals surface area contributed by atoms with E-state index in [-0.39, 0.29) is 17.5 Å². The summed E-state index contributed by atoms with van der Waals surface area (Å²) >= 11 is 1.09. The summed E-state index contributed by atoms with van der Waals surface area (Å²) in [6, 6.07) is 0.800. The Balaban J connectivity index is 1.66. The van der Waals surface area contributed by atoms with Crippen LogP contribution >= 0.6 is 11.3 Å². The van der Waals surface area contributed by atoms with Crippen LogP contribution in [0.1, 0.15) is 33.9 Å². The molecule has 0 radical (unpaired) electrons. The Hall–Kier alpha value is -2.23. The van der Waals surface area contributed by atoms with E-state index in [0.717, 1.165) is 34.7 Å². The van der Waals surface area contributed by atoms with Gasteiger partial charge < -0.3 is 5.32 Å². The molecule has 0 aromatic carbocycles. The van der Waals surface area contributed by atoms with Gasteiger partial charge in [-0.15, -0.1) is 0 Å². The smallest absolute Gasteiger partial charge is 0.300 e. The molecule has 23 heavy (non-hydrogen) atoms. The van der Waals surface area contributed by atoms with Crippen molar-refractivity contribution in [1.82, 2.24) is 14.8 Å². The molecule has 1 aliphatic carbocycles. The minimum absolute atomic E-state index is 0.00569. The third-order valence-electron chi connectivity index (χ3n) is 3.25. The van der Waals surface area contributed by atoms with Gasteiger partial charge in [-0.2, -0.15) is 18.3 Å². The maximum absolute atomic E-state index is 12.4. The van der Waals surface area contributed by atoms with Crippen molar-refractivity contribution in [1.29, 1.82) is 0 Å². The molecule has 0 saturated heterocycles. The Morgan fingerprint density at radius 2 is 2.17 bits per heavy atom. The Labute approximate surface area is 132 Å². The van der Waals surface area contributed by atoms with Gasteiger partial charge in [-0.25, -0.2) is 4.98 Å². The normalized spacial score (nSPS) is 14.7. The SMILES string of the molecule is O=C(Cn1ccc(C(F)(F)F)n1)Nc1nc2c(s1)C(=O)CCC2. The van der Waals surface area contributed by atoms with Gasteiger partial charge in [0, 0.05) is 12.6 Å². The second-order valence-corrected chi connectivity index (χ2v) is 6.02. The van der Waals surface area contributed by atoms with Crippen LogP contribution in [-0.4, -0.2) is 26.5 Å². The van der Waals surface area contributed by atoms with Crippen LogP contribution in [0.3, 0.4) is 0 Å². The van der Waals surface area contributed by atoms with E-state index >= 15 is 0 Å². The quantitative estimate of drug-likeness (QED) is 0.928. The molecule has 0 fully saturated rings. The van der Waals surface area contributed by atoms with Gasteiger partial charge >= 0.3 is 6.18 Å². The van der Waals surface area contributed by atoms with Crippen molar-refractivity contribution < 1.29 is 22.8 Å². The number of hydrogen-bond acceptors (Lipinski definition) is 5. The number of rotatable bonds is 3. The fourth-order valence-corrected chi connectivity index (χ4v) is 3.22. The maximum Gasteiger partial charge on any atom is 0.435 e. The first-order valence-corrected chi connectivity index (χ1v) is 7.58.